The molecule has 0 atom stereocenters. The number of aromatic hydroxyl groups is 1. The molecule has 0 saturated carbocycles. The van der Waals surface area contributed by atoms with Crippen LogP contribution in [0.15, 0.2) is 59.0 Å². The Bertz CT molecular complexity index is 1240. The maximum absolute atomic E-state index is 9.90. The van der Waals surface area contributed by atoms with Gasteiger partial charge in [0.15, 0.2) is 17.3 Å². The van der Waals surface area contributed by atoms with E-state index in [1.54, 1.807) is 23.5 Å². The molecule has 2 heterocycles. The molecule has 0 bridgehead atoms. The normalized spacial score (nSPS) is 11.4. The van der Waals surface area contributed by atoms with Gasteiger partial charge >= 0.3 is 0 Å². The summed E-state index contributed by atoms with van der Waals surface area (Å²) in [5, 5.41) is 27.9. The second-order valence-electron chi connectivity index (χ2n) is 6.70. The summed E-state index contributed by atoms with van der Waals surface area (Å²) >= 11 is 1.56. The lowest BCUT2D eigenvalue weighted by atomic mass is 10.1. The van der Waals surface area contributed by atoms with Crippen molar-refractivity contribution in [3.63, 3.8) is 0 Å². The van der Waals surface area contributed by atoms with Gasteiger partial charge in [-0.15, -0.1) is 16.5 Å². The van der Waals surface area contributed by atoms with Gasteiger partial charge in [-0.1, -0.05) is 24.3 Å². The number of methoxy groups -OCH3 is 1. The number of rotatable bonds is 6. The highest BCUT2D eigenvalue weighted by Gasteiger charge is 2.15. The molecule has 0 aliphatic carbocycles. The largest absolute Gasteiger partial charge is 0.504 e. The maximum atomic E-state index is 9.90. The Kier molecular flexibility index (Phi) is 5.69. The van der Waals surface area contributed by atoms with Crippen LogP contribution in [0.1, 0.15) is 16.7 Å². The highest BCUT2D eigenvalue weighted by Crippen LogP contribution is 2.40. The number of nitrogens with zero attached hydrogens (tertiary/aromatic N) is 4. The minimum atomic E-state index is -0.00202. The highest BCUT2D eigenvalue weighted by atomic mass is 32.1. The predicted octanol–water partition coefficient (Wildman–Crippen LogP) is 5.16. The van der Waals surface area contributed by atoms with Crippen LogP contribution in [0, 0.1) is 6.92 Å². The molecule has 0 spiro atoms. The predicted molar refractivity (Wildman–Crippen MR) is 116 cm³/mol. The molecule has 0 amide bonds. The number of phenolic OH excluding ortho intramolecular Hbond substituents is 1. The van der Waals surface area contributed by atoms with Gasteiger partial charge in [0.25, 0.3) is 0 Å². The van der Waals surface area contributed by atoms with E-state index in [0.717, 1.165) is 37.3 Å². The van der Waals surface area contributed by atoms with Crippen LogP contribution in [0.5, 0.6) is 11.5 Å². The van der Waals surface area contributed by atoms with E-state index in [9.17, 15) is 10.2 Å². The van der Waals surface area contributed by atoms with E-state index in [2.05, 4.69) is 20.2 Å². The molecule has 0 saturated heterocycles. The van der Waals surface area contributed by atoms with Crippen molar-refractivity contribution in [3.8, 4) is 21.9 Å². The van der Waals surface area contributed by atoms with E-state index in [0.29, 0.717) is 18.1 Å². The van der Waals surface area contributed by atoms with E-state index < -0.39 is 0 Å². The van der Waals surface area contributed by atoms with Gasteiger partial charge in [-0.2, -0.15) is 5.11 Å². The fraction of sp³-hybridized carbons (Fsp3) is 0.182. The first-order chi connectivity index (χ1) is 14.6. The van der Waals surface area contributed by atoms with Gasteiger partial charge < -0.3 is 14.9 Å². The summed E-state index contributed by atoms with van der Waals surface area (Å²) in [6.45, 7) is 2.32. The first-order valence-electron chi connectivity index (χ1n) is 9.28. The minimum absolute atomic E-state index is 0.00202. The number of aromatic nitrogens is 2. The Morgan fingerprint density at radius 1 is 1.10 bits per heavy atom. The Morgan fingerprint density at radius 3 is 2.73 bits per heavy atom. The molecule has 152 valence electrons. The average molecular weight is 420 g/mol. The van der Waals surface area contributed by atoms with E-state index in [4.69, 9.17) is 4.74 Å². The highest BCUT2D eigenvalue weighted by molar-refractivity contribution is 7.23. The van der Waals surface area contributed by atoms with Crippen LogP contribution in [0.2, 0.25) is 0 Å². The lowest BCUT2D eigenvalue weighted by Gasteiger charge is -2.03. The number of aliphatic hydroxyl groups is 1. The smallest absolute Gasteiger partial charge is 0.195 e. The van der Waals surface area contributed by atoms with Gasteiger partial charge in [-0.25, -0.2) is 9.97 Å². The Hall–Kier alpha value is -3.36. The van der Waals surface area contributed by atoms with Crippen molar-refractivity contribution in [2.45, 2.75) is 20.1 Å². The van der Waals surface area contributed by atoms with Crippen molar-refractivity contribution in [2.75, 3.05) is 7.11 Å². The molecule has 4 rings (SSSR count). The molecule has 2 aromatic carbocycles. The number of azo groups is 1. The van der Waals surface area contributed by atoms with Crippen LogP contribution < -0.4 is 4.74 Å². The molecule has 2 N–H and O–H groups in total. The molecule has 2 aromatic heterocycles. The third-order valence-electron chi connectivity index (χ3n) is 4.72. The summed E-state index contributed by atoms with van der Waals surface area (Å²) < 4.78 is 5.91. The molecule has 0 unspecified atom stereocenters. The molecule has 30 heavy (non-hydrogen) atoms. The second-order valence-corrected chi connectivity index (χ2v) is 7.72. The Labute approximate surface area is 177 Å². The van der Waals surface area contributed by atoms with Crippen molar-refractivity contribution in [1.82, 2.24) is 9.97 Å². The van der Waals surface area contributed by atoms with Crippen molar-refractivity contribution in [3.05, 3.63) is 65.5 Å². The lowest BCUT2D eigenvalue weighted by Crippen LogP contribution is -1.86. The SMILES string of the molecule is COc1ccc(CN=Nc2ncnc3c(C)c(-c4cccc(CO)c4)sc23)cc1O. The van der Waals surface area contributed by atoms with Crippen LogP contribution in [-0.4, -0.2) is 27.3 Å². The molecule has 8 heteroatoms. The summed E-state index contributed by atoms with van der Waals surface area (Å²) in [5.74, 6) is 0.994. The van der Waals surface area contributed by atoms with Crippen LogP contribution in [0.25, 0.3) is 20.7 Å². The zero-order valence-corrected chi connectivity index (χ0v) is 17.3. The van der Waals surface area contributed by atoms with E-state index in [1.807, 2.05) is 37.3 Å². The topological polar surface area (TPSA) is 100 Å². The minimum Gasteiger partial charge on any atom is -0.504 e. The summed E-state index contributed by atoms with van der Waals surface area (Å²) in [7, 11) is 1.51. The first kappa shape index (κ1) is 19.9. The van der Waals surface area contributed by atoms with Crippen molar-refractivity contribution in [1.29, 1.82) is 0 Å². The van der Waals surface area contributed by atoms with Crippen molar-refractivity contribution >= 4 is 27.4 Å². The maximum Gasteiger partial charge on any atom is 0.195 e. The summed E-state index contributed by atoms with van der Waals surface area (Å²) in [6.07, 6.45) is 1.49. The van der Waals surface area contributed by atoms with Gasteiger partial charge in [-0.3, -0.25) is 0 Å². The van der Waals surface area contributed by atoms with Crippen LogP contribution in [-0.2, 0) is 13.2 Å². The van der Waals surface area contributed by atoms with Crippen LogP contribution in [0.4, 0.5) is 5.82 Å². The molecule has 0 radical (unpaired) electrons. The van der Waals surface area contributed by atoms with Gasteiger partial charge in [-0.05, 0) is 47.4 Å². The number of aliphatic hydroxyl groups excluding tert-OH is 1. The zero-order chi connectivity index (χ0) is 21.1. The summed E-state index contributed by atoms with van der Waals surface area (Å²) in [4.78, 5) is 9.79. The number of hydrogen-bond donors (Lipinski definition) is 2. The number of benzene rings is 2. The number of fused-ring (bicyclic) bond motifs is 1. The van der Waals surface area contributed by atoms with E-state index in [-0.39, 0.29) is 12.4 Å². The third-order valence-corrected chi connectivity index (χ3v) is 6.04. The number of aryl methyl sites for hydroxylation is 1. The van der Waals surface area contributed by atoms with Gasteiger partial charge in [0.1, 0.15) is 11.0 Å². The van der Waals surface area contributed by atoms with Gasteiger partial charge in [0, 0.05) is 4.88 Å². The van der Waals surface area contributed by atoms with Gasteiger partial charge in [0.2, 0.25) is 0 Å². The van der Waals surface area contributed by atoms with E-state index in [1.165, 1.54) is 13.4 Å². The quantitative estimate of drug-likeness (QED) is 0.420. The molecular weight excluding hydrogens is 400 g/mol. The fourth-order valence-electron chi connectivity index (χ4n) is 3.19. The van der Waals surface area contributed by atoms with Crippen LogP contribution in [0.3, 0.4) is 0 Å². The van der Waals surface area contributed by atoms with Crippen molar-refractivity contribution in [2.24, 2.45) is 10.2 Å². The standard InChI is InChI=1S/C22H20N4O3S/c1-13-19-21(30-20(13)16-5-3-4-15(8-16)11-27)22(24-12-23-19)26-25-10-14-6-7-18(29-2)17(28)9-14/h3-9,12,27-28H,10-11H2,1-2H3. The molecule has 0 aliphatic heterocycles. The first-order valence-corrected chi connectivity index (χ1v) is 10.1. The monoisotopic (exact) mass is 420 g/mol. The van der Waals surface area contributed by atoms with Crippen molar-refractivity contribution < 1.29 is 14.9 Å². The zero-order valence-electron chi connectivity index (χ0n) is 16.5. The number of hydrogen-bond acceptors (Lipinski definition) is 8. The van der Waals surface area contributed by atoms with Crippen LogP contribution >= 0.6 is 11.3 Å². The second kappa shape index (κ2) is 8.56. The fourth-order valence-corrected chi connectivity index (χ4v) is 4.37. The molecule has 0 fully saturated rings. The number of thiophene rings is 1. The Morgan fingerprint density at radius 2 is 1.97 bits per heavy atom. The number of phenols is 1. The third kappa shape index (κ3) is 3.87. The van der Waals surface area contributed by atoms with E-state index >= 15 is 0 Å². The molecule has 0 aliphatic rings. The summed E-state index contributed by atoms with van der Waals surface area (Å²) in [5.41, 5.74) is 4.59. The molecule has 4 aromatic rings. The summed E-state index contributed by atoms with van der Waals surface area (Å²) in [6, 6.07) is 12.9. The average Bonchev–Trinajstić information content (AvgIpc) is 3.11. The molecular formula is C22H20N4O3S. The molecule has 7 nitrogen and oxygen atoms in total. The number of ether oxygens (including phenoxy) is 1. The van der Waals surface area contributed by atoms with Gasteiger partial charge in [0.05, 0.1) is 25.8 Å². The Balaban J connectivity index is 1.65. The lowest BCUT2D eigenvalue weighted by molar-refractivity contribution is 0.282.